The molecule has 1 saturated heterocycles. The van der Waals surface area contributed by atoms with Crippen LogP contribution in [0, 0.1) is 26.1 Å². The number of non-ortho nitro benzene ring substituents is 2. The maximum atomic E-state index is 12.3. The Morgan fingerprint density at radius 1 is 1.06 bits per heavy atom. The Morgan fingerprint density at radius 3 is 2.39 bits per heavy atom. The zero-order chi connectivity index (χ0) is 22.5. The van der Waals surface area contributed by atoms with E-state index in [1.807, 2.05) is 0 Å². The second-order valence-electron chi connectivity index (χ2n) is 6.64. The van der Waals surface area contributed by atoms with Crippen LogP contribution in [0.15, 0.2) is 48.5 Å². The van der Waals surface area contributed by atoms with Crippen LogP contribution in [-0.2, 0) is 19.1 Å². The Hall–Kier alpha value is -4.35. The van der Waals surface area contributed by atoms with Crippen molar-refractivity contribution in [2.45, 2.75) is 6.42 Å². The van der Waals surface area contributed by atoms with E-state index in [9.17, 15) is 34.6 Å². The SMILES string of the molecule is O=C(COC(=O)[C@@H]1CC(=O)N(c2ccc([N+](=O)[O-])cc2)C1)Nc1cccc([N+](=O)[O-])c1. The van der Waals surface area contributed by atoms with Crippen LogP contribution < -0.4 is 10.2 Å². The van der Waals surface area contributed by atoms with Gasteiger partial charge in [0.1, 0.15) is 0 Å². The van der Waals surface area contributed by atoms with Crippen molar-refractivity contribution in [2.75, 3.05) is 23.4 Å². The molecule has 2 aromatic rings. The van der Waals surface area contributed by atoms with Gasteiger partial charge in [-0.05, 0) is 18.2 Å². The molecule has 1 heterocycles. The summed E-state index contributed by atoms with van der Waals surface area (Å²) in [5.41, 5.74) is 0.261. The zero-order valence-corrected chi connectivity index (χ0v) is 15.9. The lowest BCUT2D eigenvalue weighted by atomic mass is 10.1. The Morgan fingerprint density at radius 2 is 1.74 bits per heavy atom. The summed E-state index contributed by atoms with van der Waals surface area (Å²) in [7, 11) is 0. The molecular formula is C19H16N4O8. The maximum Gasteiger partial charge on any atom is 0.311 e. The van der Waals surface area contributed by atoms with Gasteiger partial charge in [0.05, 0.1) is 15.8 Å². The Balaban J connectivity index is 1.53. The summed E-state index contributed by atoms with van der Waals surface area (Å²) >= 11 is 0. The van der Waals surface area contributed by atoms with E-state index >= 15 is 0 Å². The lowest BCUT2D eigenvalue weighted by Gasteiger charge is -2.16. The average molecular weight is 428 g/mol. The highest BCUT2D eigenvalue weighted by Crippen LogP contribution is 2.27. The molecule has 0 radical (unpaired) electrons. The molecule has 1 aliphatic rings. The van der Waals surface area contributed by atoms with Crippen molar-refractivity contribution in [3.63, 3.8) is 0 Å². The van der Waals surface area contributed by atoms with Crippen molar-refractivity contribution >= 4 is 40.5 Å². The second kappa shape index (κ2) is 8.98. The number of benzene rings is 2. The van der Waals surface area contributed by atoms with Gasteiger partial charge in [0.2, 0.25) is 5.91 Å². The topological polar surface area (TPSA) is 162 Å². The third kappa shape index (κ3) is 5.18. The molecule has 0 aliphatic carbocycles. The van der Waals surface area contributed by atoms with Gasteiger partial charge in [0.15, 0.2) is 6.61 Å². The van der Waals surface area contributed by atoms with Crippen LogP contribution in [0.25, 0.3) is 0 Å². The minimum absolute atomic E-state index is 0.0158. The van der Waals surface area contributed by atoms with Crippen molar-refractivity contribution in [1.29, 1.82) is 0 Å². The normalized spacial score (nSPS) is 15.4. The standard InChI is InChI=1S/C19H16N4O8/c24-17(20-13-2-1-3-16(9-13)23(29)30)11-31-19(26)12-8-18(25)21(10-12)14-4-6-15(7-5-14)22(27)28/h1-7,9,12H,8,10-11H2,(H,20,24)/t12-/m1/s1. The number of nitrogens with zero attached hydrogens (tertiary/aromatic N) is 3. The van der Waals surface area contributed by atoms with Crippen LogP contribution in [0.5, 0.6) is 0 Å². The van der Waals surface area contributed by atoms with E-state index < -0.39 is 34.2 Å². The number of anilines is 2. The van der Waals surface area contributed by atoms with E-state index in [1.165, 1.54) is 47.4 Å². The first-order valence-electron chi connectivity index (χ1n) is 9.00. The predicted molar refractivity (Wildman–Crippen MR) is 106 cm³/mol. The molecule has 1 atom stereocenters. The summed E-state index contributed by atoms with van der Waals surface area (Å²) in [6, 6.07) is 10.6. The van der Waals surface area contributed by atoms with Crippen LogP contribution >= 0.6 is 0 Å². The molecule has 1 aliphatic heterocycles. The van der Waals surface area contributed by atoms with Crippen molar-refractivity contribution in [3.8, 4) is 0 Å². The van der Waals surface area contributed by atoms with Gasteiger partial charge >= 0.3 is 5.97 Å². The lowest BCUT2D eigenvalue weighted by molar-refractivity contribution is -0.385. The number of carbonyl (C=O) groups excluding carboxylic acids is 3. The quantitative estimate of drug-likeness (QED) is 0.398. The molecule has 12 nitrogen and oxygen atoms in total. The van der Waals surface area contributed by atoms with Crippen LogP contribution in [0.3, 0.4) is 0 Å². The van der Waals surface area contributed by atoms with Crippen molar-refractivity contribution < 1.29 is 29.0 Å². The molecule has 2 amide bonds. The highest BCUT2D eigenvalue weighted by molar-refractivity contribution is 6.00. The van der Waals surface area contributed by atoms with Crippen LogP contribution in [0.1, 0.15) is 6.42 Å². The van der Waals surface area contributed by atoms with Gasteiger partial charge < -0.3 is 15.0 Å². The number of nitrogens with one attached hydrogen (secondary N) is 1. The summed E-state index contributed by atoms with van der Waals surface area (Å²) in [6.45, 7) is -0.605. The number of amides is 2. The molecule has 1 fully saturated rings. The third-order valence-corrected chi connectivity index (χ3v) is 4.52. The number of hydrogen-bond acceptors (Lipinski definition) is 8. The molecule has 160 valence electrons. The third-order valence-electron chi connectivity index (χ3n) is 4.52. The highest BCUT2D eigenvalue weighted by Gasteiger charge is 2.36. The monoisotopic (exact) mass is 428 g/mol. The van der Waals surface area contributed by atoms with Crippen molar-refractivity contribution in [1.82, 2.24) is 0 Å². The fourth-order valence-corrected chi connectivity index (χ4v) is 3.02. The van der Waals surface area contributed by atoms with Gasteiger partial charge in [0, 0.05) is 48.6 Å². The maximum absolute atomic E-state index is 12.3. The number of rotatable bonds is 7. The van der Waals surface area contributed by atoms with Gasteiger partial charge in [-0.1, -0.05) is 6.07 Å². The molecule has 3 rings (SSSR count). The van der Waals surface area contributed by atoms with E-state index in [0.717, 1.165) is 6.07 Å². The molecule has 0 saturated carbocycles. The largest absolute Gasteiger partial charge is 0.455 e. The zero-order valence-electron chi connectivity index (χ0n) is 15.9. The summed E-state index contributed by atoms with van der Waals surface area (Å²) in [6.07, 6.45) is -0.123. The van der Waals surface area contributed by atoms with E-state index in [4.69, 9.17) is 4.74 Å². The Labute approximate surface area is 174 Å². The molecule has 12 heteroatoms. The van der Waals surface area contributed by atoms with Crippen molar-refractivity contribution in [2.24, 2.45) is 5.92 Å². The van der Waals surface area contributed by atoms with Gasteiger partial charge in [-0.15, -0.1) is 0 Å². The summed E-state index contributed by atoms with van der Waals surface area (Å²) in [4.78, 5) is 58.1. The summed E-state index contributed by atoms with van der Waals surface area (Å²) in [5.74, 6) is -2.58. The lowest BCUT2D eigenvalue weighted by Crippen LogP contribution is -2.28. The molecule has 0 unspecified atom stereocenters. The number of nitro groups is 2. The summed E-state index contributed by atoms with van der Waals surface area (Å²) < 4.78 is 4.97. The van der Waals surface area contributed by atoms with E-state index in [2.05, 4.69) is 5.32 Å². The fourth-order valence-electron chi connectivity index (χ4n) is 3.02. The Kier molecular flexibility index (Phi) is 6.19. The molecule has 2 aromatic carbocycles. The summed E-state index contributed by atoms with van der Waals surface area (Å²) in [5, 5.41) is 23.9. The van der Waals surface area contributed by atoms with Gasteiger partial charge in [-0.2, -0.15) is 0 Å². The first-order chi connectivity index (χ1) is 14.7. The minimum atomic E-state index is -0.798. The van der Waals surface area contributed by atoms with E-state index in [1.54, 1.807) is 0 Å². The molecule has 0 spiro atoms. The number of nitro benzene ring substituents is 2. The van der Waals surface area contributed by atoms with E-state index in [0.29, 0.717) is 5.69 Å². The Bertz CT molecular complexity index is 1050. The second-order valence-corrected chi connectivity index (χ2v) is 6.64. The van der Waals surface area contributed by atoms with Crippen LogP contribution in [0.2, 0.25) is 0 Å². The van der Waals surface area contributed by atoms with Gasteiger partial charge in [-0.3, -0.25) is 34.6 Å². The number of carbonyl (C=O) groups is 3. The highest BCUT2D eigenvalue weighted by atomic mass is 16.6. The van der Waals surface area contributed by atoms with Crippen molar-refractivity contribution in [3.05, 3.63) is 68.8 Å². The molecular weight excluding hydrogens is 412 g/mol. The minimum Gasteiger partial charge on any atom is -0.455 e. The number of hydrogen-bond donors (Lipinski definition) is 1. The molecule has 31 heavy (non-hydrogen) atoms. The molecule has 0 bridgehead atoms. The predicted octanol–water partition coefficient (Wildman–Crippen LogP) is 2.04. The first kappa shape index (κ1) is 21.4. The average Bonchev–Trinajstić information content (AvgIpc) is 3.14. The first-order valence-corrected chi connectivity index (χ1v) is 9.00. The molecule has 1 N–H and O–H groups in total. The smallest absolute Gasteiger partial charge is 0.311 e. The van der Waals surface area contributed by atoms with E-state index in [-0.39, 0.29) is 35.9 Å². The number of esters is 1. The number of ether oxygens (including phenoxy) is 1. The fraction of sp³-hybridized carbons (Fsp3) is 0.211. The van der Waals surface area contributed by atoms with Crippen LogP contribution in [0.4, 0.5) is 22.7 Å². The molecule has 0 aromatic heterocycles. The van der Waals surface area contributed by atoms with Gasteiger partial charge in [-0.25, -0.2) is 0 Å². The van der Waals surface area contributed by atoms with Crippen LogP contribution in [-0.4, -0.2) is 40.8 Å². The van der Waals surface area contributed by atoms with Gasteiger partial charge in [0.25, 0.3) is 17.3 Å².